The Hall–Kier alpha value is -3.22. The van der Waals surface area contributed by atoms with Crippen molar-refractivity contribution >= 4 is 35.4 Å². The highest BCUT2D eigenvalue weighted by molar-refractivity contribution is 5.96. The average Bonchev–Trinajstić information content (AvgIpc) is 3.75. The molecule has 2 rings (SSSR count). The van der Waals surface area contributed by atoms with Crippen molar-refractivity contribution in [2.24, 2.45) is 17.8 Å². The predicted molar refractivity (Wildman–Crippen MR) is 199 cm³/mol. The Labute approximate surface area is 307 Å². The SMILES string of the molecule is CCCCCNC(=O)CCCCNC(=O)C1CCCN1C(=O)C1CCCN1C(=O)C(C(C)C)N(C)C(=O)C(NC(=O)C(C(C)C)N(C)C)C(C)C. The number of rotatable bonds is 20. The topological polar surface area (TPSA) is 151 Å². The summed E-state index contributed by atoms with van der Waals surface area (Å²) in [5.74, 6) is -1.74. The fourth-order valence-corrected chi connectivity index (χ4v) is 7.52. The summed E-state index contributed by atoms with van der Waals surface area (Å²) in [6.45, 7) is 15.5. The molecule has 2 saturated heterocycles. The number of carbonyl (C=O) groups is 6. The minimum absolute atomic E-state index is 0.0287. The van der Waals surface area contributed by atoms with Gasteiger partial charge >= 0.3 is 0 Å². The summed E-state index contributed by atoms with van der Waals surface area (Å²) in [4.78, 5) is 87.4. The van der Waals surface area contributed by atoms with Crippen LogP contribution < -0.4 is 16.0 Å². The lowest BCUT2D eigenvalue weighted by Crippen LogP contribution is -2.61. The second-order valence-corrected chi connectivity index (χ2v) is 15.7. The standard InChI is InChI=1S/C38H69N7O6/c1-11-12-14-21-39-30(46)20-13-15-22-40-34(47)28-18-16-23-44(28)36(49)29-19-17-24-45(29)38(51)33(27(6)7)43(10)37(50)31(25(2)3)41-35(48)32(26(4)5)42(8)9/h25-29,31-33H,11-24H2,1-10H3,(H,39,46)(H,40,47)(H,41,48). The van der Waals surface area contributed by atoms with Crippen LogP contribution in [0.4, 0.5) is 0 Å². The fraction of sp³-hybridized carbons (Fsp3) is 0.842. The van der Waals surface area contributed by atoms with E-state index in [1.807, 2.05) is 60.5 Å². The van der Waals surface area contributed by atoms with Crippen LogP contribution in [0.2, 0.25) is 0 Å². The second kappa shape index (κ2) is 21.3. The normalized spacial score (nSPS) is 19.4. The van der Waals surface area contributed by atoms with Crippen LogP contribution >= 0.6 is 0 Å². The van der Waals surface area contributed by atoms with Gasteiger partial charge in [-0.05, 0) is 76.8 Å². The number of hydrogen-bond acceptors (Lipinski definition) is 7. The summed E-state index contributed by atoms with van der Waals surface area (Å²) in [7, 11) is 5.27. The van der Waals surface area contributed by atoms with Crippen LogP contribution in [0.25, 0.3) is 0 Å². The van der Waals surface area contributed by atoms with Crippen molar-refractivity contribution in [1.29, 1.82) is 0 Å². The molecule has 0 radical (unpaired) electrons. The third-order valence-corrected chi connectivity index (χ3v) is 10.2. The van der Waals surface area contributed by atoms with Gasteiger partial charge in [0.15, 0.2) is 0 Å². The van der Waals surface area contributed by atoms with Crippen molar-refractivity contribution in [1.82, 2.24) is 35.6 Å². The largest absolute Gasteiger partial charge is 0.356 e. The van der Waals surface area contributed by atoms with Gasteiger partial charge in [0.05, 0.1) is 6.04 Å². The molecule has 2 aliphatic rings. The molecule has 0 aromatic heterocycles. The van der Waals surface area contributed by atoms with Gasteiger partial charge in [-0.2, -0.15) is 0 Å². The van der Waals surface area contributed by atoms with E-state index in [-0.39, 0.29) is 53.2 Å². The number of likely N-dealkylation sites (tertiary alicyclic amines) is 2. The predicted octanol–water partition coefficient (Wildman–Crippen LogP) is 2.77. The van der Waals surface area contributed by atoms with Gasteiger partial charge in [-0.25, -0.2) is 0 Å². The lowest BCUT2D eigenvalue weighted by Gasteiger charge is -2.38. The summed E-state index contributed by atoms with van der Waals surface area (Å²) >= 11 is 0. The molecule has 3 N–H and O–H groups in total. The van der Waals surface area contributed by atoms with E-state index >= 15 is 0 Å². The molecule has 5 atom stereocenters. The maximum Gasteiger partial charge on any atom is 0.246 e. The lowest BCUT2D eigenvalue weighted by atomic mass is 9.96. The highest BCUT2D eigenvalue weighted by Gasteiger charge is 2.45. The Bertz CT molecular complexity index is 1170. The first kappa shape index (κ1) is 43.9. The summed E-state index contributed by atoms with van der Waals surface area (Å²) in [5.41, 5.74) is 0. The monoisotopic (exact) mass is 720 g/mol. The van der Waals surface area contributed by atoms with Crippen molar-refractivity contribution in [2.45, 2.75) is 143 Å². The fourth-order valence-electron chi connectivity index (χ4n) is 7.52. The van der Waals surface area contributed by atoms with Crippen LogP contribution in [0.1, 0.15) is 113 Å². The molecule has 5 unspecified atom stereocenters. The van der Waals surface area contributed by atoms with Crippen molar-refractivity contribution < 1.29 is 28.8 Å². The molecule has 6 amide bonds. The van der Waals surface area contributed by atoms with Gasteiger partial charge in [-0.1, -0.05) is 61.3 Å². The maximum absolute atomic E-state index is 14.3. The third kappa shape index (κ3) is 12.5. The van der Waals surface area contributed by atoms with Crippen molar-refractivity contribution in [3.63, 3.8) is 0 Å². The molecule has 0 aromatic carbocycles. The highest BCUT2D eigenvalue weighted by Crippen LogP contribution is 2.28. The van der Waals surface area contributed by atoms with Crippen molar-refractivity contribution in [2.75, 3.05) is 47.3 Å². The minimum Gasteiger partial charge on any atom is -0.356 e. The molecular formula is C38H69N7O6. The van der Waals surface area contributed by atoms with Crippen LogP contribution in [0.15, 0.2) is 0 Å². The Kier molecular flexibility index (Phi) is 18.4. The molecule has 0 spiro atoms. The van der Waals surface area contributed by atoms with Gasteiger partial charge in [0.1, 0.15) is 24.2 Å². The molecular weight excluding hydrogens is 650 g/mol. The molecule has 51 heavy (non-hydrogen) atoms. The molecule has 0 saturated carbocycles. The van der Waals surface area contributed by atoms with Gasteiger partial charge < -0.3 is 30.7 Å². The first-order valence-electron chi connectivity index (χ1n) is 19.4. The zero-order chi connectivity index (χ0) is 38.4. The lowest BCUT2D eigenvalue weighted by molar-refractivity contribution is -0.153. The molecule has 13 heteroatoms. The number of likely N-dealkylation sites (N-methyl/N-ethyl adjacent to an activating group) is 2. The number of nitrogens with zero attached hydrogens (tertiary/aromatic N) is 4. The summed E-state index contributed by atoms with van der Waals surface area (Å²) < 4.78 is 0. The minimum atomic E-state index is -0.838. The van der Waals surface area contributed by atoms with Gasteiger partial charge in [0, 0.05) is 39.6 Å². The summed E-state index contributed by atoms with van der Waals surface area (Å²) in [6.07, 6.45) is 7.31. The van der Waals surface area contributed by atoms with E-state index in [1.165, 1.54) is 4.90 Å². The highest BCUT2D eigenvalue weighted by atomic mass is 16.2. The van der Waals surface area contributed by atoms with E-state index < -0.39 is 30.2 Å². The third-order valence-electron chi connectivity index (χ3n) is 10.2. The van der Waals surface area contributed by atoms with Crippen LogP contribution in [-0.2, 0) is 28.8 Å². The summed E-state index contributed by atoms with van der Waals surface area (Å²) in [5, 5.41) is 8.86. The van der Waals surface area contributed by atoms with Gasteiger partial charge in [-0.15, -0.1) is 0 Å². The Morgan fingerprint density at radius 3 is 1.84 bits per heavy atom. The van der Waals surface area contributed by atoms with E-state index in [4.69, 9.17) is 0 Å². The first-order chi connectivity index (χ1) is 24.0. The Balaban J connectivity index is 2.07. The maximum atomic E-state index is 14.3. The Morgan fingerprint density at radius 1 is 0.706 bits per heavy atom. The van der Waals surface area contributed by atoms with E-state index in [0.717, 1.165) is 19.3 Å². The van der Waals surface area contributed by atoms with Crippen LogP contribution in [-0.4, -0.2) is 133 Å². The number of unbranched alkanes of at least 4 members (excludes halogenated alkanes) is 3. The second-order valence-electron chi connectivity index (χ2n) is 15.7. The van der Waals surface area contributed by atoms with E-state index in [2.05, 4.69) is 22.9 Å². The number of carbonyl (C=O) groups excluding carboxylic acids is 6. The van der Waals surface area contributed by atoms with Gasteiger partial charge in [0.2, 0.25) is 35.4 Å². The van der Waals surface area contributed by atoms with Crippen LogP contribution in [0.5, 0.6) is 0 Å². The average molecular weight is 720 g/mol. The van der Waals surface area contributed by atoms with Crippen molar-refractivity contribution in [3.05, 3.63) is 0 Å². The zero-order valence-corrected chi connectivity index (χ0v) is 33.3. The number of hydrogen-bond donors (Lipinski definition) is 3. The van der Waals surface area contributed by atoms with Gasteiger partial charge in [-0.3, -0.25) is 33.7 Å². The van der Waals surface area contributed by atoms with Gasteiger partial charge in [0.25, 0.3) is 0 Å². The van der Waals surface area contributed by atoms with E-state index in [1.54, 1.807) is 16.8 Å². The molecule has 2 fully saturated rings. The molecule has 292 valence electrons. The van der Waals surface area contributed by atoms with E-state index in [9.17, 15) is 28.8 Å². The molecule has 0 aromatic rings. The molecule has 0 bridgehead atoms. The van der Waals surface area contributed by atoms with E-state index in [0.29, 0.717) is 71.1 Å². The van der Waals surface area contributed by atoms with Crippen LogP contribution in [0, 0.1) is 17.8 Å². The van der Waals surface area contributed by atoms with Crippen molar-refractivity contribution in [3.8, 4) is 0 Å². The molecule has 13 nitrogen and oxygen atoms in total. The van der Waals surface area contributed by atoms with Crippen LogP contribution in [0.3, 0.4) is 0 Å². The quantitative estimate of drug-likeness (QED) is 0.164. The Morgan fingerprint density at radius 2 is 1.27 bits per heavy atom. The first-order valence-corrected chi connectivity index (χ1v) is 19.4. The summed E-state index contributed by atoms with van der Waals surface area (Å²) in [6, 6.07) is -3.40. The molecule has 0 aliphatic carbocycles. The number of nitrogens with one attached hydrogen (secondary N) is 3. The molecule has 2 aliphatic heterocycles. The smallest absolute Gasteiger partial charge is 0.246 e. The zero-order valence-electron chi connectivity index (χ0n) is 33.3. The number of amides is 6. The molecule has 2 heterocycles.